The first-order valence-corrected chi connectivity index (χ1v) is 10.2. The van der Waals surface area contributed by atoms with Crippen molar-refractivity contribution in [3.8, 4) is 5.75 Å². The van der Waals surface area contributed by atoms with Crippen LogP contribution >= 0.6 is 0 Å². The van der Waals surface area contributed by atoms with E-state index < -0.39 is 23.7 Å². The first-order chi connectivity index (χ1) is 15.5. The molecule has 1 aliphatic heterocycles. The van der Waals surface area contributed by atoms with Gasteiger partial charge in [0.05, 0.1) is 11.5 Å². The van der Waals surface area contributed by atoms with Gasteiger partial charge in [-0.15, -0.1) is 0 Å². The number of piperidine rings is 1. The number of amides is 1. The number of phenolic OH excluding ortho intramolecular Hbond substituents is 1. The van der Waals surface area contributed by atoms with Crippen molar-refractivity contribution in [3.63, 3.8) is 0 Å². The number of aliphatic hydroxyl groups is 1. The van der Waals surface area contributed by atoms with Crippen LogP contribution in [-0.4, -0.2) is 65.0 Å². The maximum absolute atomic E-state index is 13.1. The van der Waals surface area contributed by atoms with Gasteiger partial charge in [0.2, 0.25) is 5.91 Å². The fourth-order valence-corrected chi connectivity index (χ4v) is 3.61. The Hall–Kier alpha value is -3.11. The summed E-state index contributed by atoms with van der Waals surface area (Å²) in [5, 5.41) is 30.0. The smallest absolute Gasteiger partial charge is 0.490 e. The molecule has 1 saturated heterocycles. The molecule has 0 radical (unpaired) electrons. The van der Waals surface area contributed by atoms with E-state index in [4.69, 9.17) is 9.90 Å². The van der Waals surface area contributed by atoms with Gasteiger partial charge in [0.15, 0.2) is 0 Å². The van der Waals surface area contributed by atoms with Crippen LogP contribution in [0.2, 0.25) is 0 Å². The van der Waals surface area contributed by atoms with Crippen molar-refractivity contribution in [2.75, 3.05) is 26.7 Å². The number of rotatable bonds is 5. The number of carboxylic acid groups (broad SMARTS) is 1. The van der Waals surface area contributed by atoms with Crippen molar-refractivity contribution in [2.24, 2.45) is 0 Å². The second-order valence-electron chi connectivity index (χ2n) is 7.88. The summed E-state index contributed by atoms with van der Waals surface area (Å²) >= 11 is 0. The molecule has 0 aromatic heterocycles. The molecule has 3 rings (SSSR count). The van der Waals surface area contributed by atoms with Crippen molar-refractivity contribution in [3.05, 3.63) is 65.7 Å². The fourth-order valence-electron chi connectivity index (χ4n) is 3.61. The number of aliphatic carboxylic acids is 1. The topological polar surface area (TPSA) is 110 Å². The Balaban J connectivity index is 0.000000479. The minimum absolute atomic E-state index is 0.0454. The minimum Gasteiger partial charge on any atom is -0.508 e. The molecule has 0 spiro atoms. The summed E-state index contributed by atoms with van der Waals surface area (Å²) in [5.41, 5.74) is 1.05. The number of aromatic hydroxyl groups is 1. The molecule has 180 valence electrons. The molecule has 0 saturated carbocycles. The number of phenols is 1. The van der Waals surface area contributed by atoms with Gasteiger partial charge < -0.3 is 25.5 Å². The lowest BCUT2D eigenvalue weighted by Crippen LogP contribution is -2.51. The Kier molecular flexibility index (Phi) is 8.84. The molecule has 1 aliphatic rings. The molecule has 7 nitrogen and oxygen atoms in total. The number of nitrogens with zero attached hydrogens (tertiary/aromatic N) is 1. The van der Waals surface area contributed by atoms with E-state index in [1.54, 1.807) is 18.2 Å². The third kappa shape index (κ3) is 7.19. The molecule has 1 amide bonds. The van der Waals surface area contributed by atoms with Crippen LogP contribution < -0.4 is 5.32 Å². The van der Waals surface area contributed by atoms with Crippen LogP contribution in [0.1, 0.15) is 30.1 Å². The molecule has 0 aliphatic carbocycles. The van der Waals surface area contributed by atoms with Crippen LogP contribution in [0.4, 0.5) is 13.2 Å². The van der Waals surface area contributed by atoms with E-state index in [9.17, 15) is 28.2 Å². The lowest BCUT2D eigenvalue weighted by molar-refractivity contribution is -0.192. The van der Waals surface area contributed by atoms with Crippen LogP contribution in [0.3, 0.4) is 0 Å². The zero-order valence-electron chi connectivity index (χ0n) is 18.0. The Morgan fingerprint density at radius 1 is 1.09 bits per heavy atom. The predicted octanol–water partition coefficient (Wildman–Crippen LogP) is 2.84. The molecule has 2 aromatic rings. The summed E-state index contributed by atoms with van der Waals surface area (Å²) in [5.74, 6) is -2.70. The van der Waals surface area contributed by atoms with Crippen molar-refractivity contribution in [2.45, 2.75) is 30.5 Å². The van der Waals surface area contributed by atoms with Gasteiger partial charge in [0, 0.05) is 6.54 Å². The van der Waals surface area contributed by atoms with Crippen LogP contribution in [0.25, 0.3) is 0 Å². The second-order valence-corrected chi connectivity index (χ2v) is 7.88. The number of nitrogens with one attached hydrogen (secondary N) is 1. The monoisotopic (exact) mass is 468 g/mol. The molecule has 1 unspecified atom stereocenters. The molecule has 1 heterocycles. The molecule has 1 atom stereocenters. The zero-order chi connectivity index (χ0) is 24.6. The molecule has 4 N–H and O–H groups in total. The first kappa shape index (κ1) is 26.1. The highest BCUT2D eigenvalue weighted by Crippen LogP contribution is 2.35. The molecule has 1 fully saturated rings. The number of likely N-dealkylation sites (tertiary alicyclic amines) is 1. The van der Waals surface area contributed by atoms with E-state index in [0.29, 0.717) is 5.56 Å². The Bertz CT molecular complexity index is 929. The van der Waals surface area contributed by atoms with Crippen molar-refractivity contribution >= 4 is 11.9 Å². The summed E-state index contributed by atoms with van der Waals surface area (Å²) < 4.78 is 31.7. The van der Waals surface area contributed by atoms with Gasteiger partial charge in [0.25, 0.3) is 0 Å². The number of carbonyl (C=O) groups excluding carboxylic acids is 1. The number of hydrogen-bond acceptors (Lipinski definition) is 5. The molecule has 0 bridgehead atoms. The van der Waals surface area contributed by atoms with Crippen molar-refractivity contribution in [1.82, 2.24) is 10.2 Å². The standard InChI is InChI=1S/C21H26N2O3.C2HF3O2/c1-23-12-10-21(11-13-23,17-7-3-2-4-8-17)20(26)22-15-19(25)16-6-5-9-18(24)14-16;3-2(4,5)1(6)7/h2-9,14,19,24-25H,10-13,15H2,1H3,(H,22,26);(H,6,7). The maximum atomic E-state index is 13.1. The Labute approximate surface area is 189 Å². The van der Waals surface area contributed by atoms with E-state index >= 15 is 0 Å². The van der Waals surface area contributed by atoms with Gasteiger partial charge in [0.1, 0.15) is 5.75 Å². The average Bonchev–Trinajstić information content (AvgIpc) is 2.78. The minimum atomic E-state index is -5.08. The van der Waals surface area contributed by atoms with E-state index in [-0.39, 0.29) is 18.2 Å². The number of aliphatic hydroxyl groups excluding tert-OH is 1. The lowest BCUT2D eigenvalue weighted by atomic mass is 9.72. The molecular formula is C23H27F3N2O5. The maximum Gasteiger partial charge on any atom is 0.490 e. The van der Waals surface area contributed by atoms with Gasteiger partial charge in [-0.1, -0.05) is 42.5 Å². The summed E-state index contributed by atoms with van der Waals surface area (Å²) in [6.45, 7) is 1.83. The third-order valence-corrected chi connectivity index (χ3v) is 5.56. The predicted molar refractivity (Wildman–Crippen MR) is 115 cm³/mol. The fraction of sp³-hybridized carbons (Fsp3) is 0.391. The van der Waals surface area contributed by atoms with E-state index in [0.717, 1.165) is 31.5 Å². The normalized spacial score (nSPS) is 16.8. The van der Waals surface area contributed by atoms with Crippen molar-refractivity contribution in [1.29, 1.82) is 0 Å². The van der Waals surface area contributed by atoms with Gasteiger partial charge in [-0.05, 0) is 56.2 Å². The van der Waals surface area contributed by atoms with Gasteiger partial charge in [-0.25, -0.2) is 4.79 Å². The number of alkyl halides is 3. The number of halogens is 3. The van der Waals surface area contributed by atoms with Gasteiger partial charge >= 0.3 is 12.1 Å². The van der Waals surface area contributed by atoms with Crippen LogP contribution in [0.15, 0.2) is 54.6 Å². The third-order valence-electron chi connectivity index (χ3n) is 5.56. The molecular weight excluding hydrogens is 441 g/mol. The van der Waals surface area contributed by atoms with E-state index in [1.165, 1.54) is 6.07 Å². The summed E-state index contributed by atoms with van der Waals surface area (Å²) in [4.78, 5) is 24.3. The number of carbonyl (C=O) groups is 2. The largest absolute Gasteiger partial charge is 0.508 e. The highest BCUT2D eigenvalue weighted by molar-refractivity contribution is 5.88. The van der Waals surface area contributed by atoms with Crippen LogP contribution in [0.5, 0.6) is 5.75 Å². The van der Waals surface area contributed by atoms with Crippen molar-refractivity contribution < 1.29 is 38.1 Å². The van der Waals surface area contributed by atoms with Gasteiger partial charge in [-0.2, -0.15) is 13.2 Å². The van der Waals surface area contributed by atoms with E-state index in [2.05, 4.69) is 17.3 Å². The average molecular weight is 468 g/mol. The highest BCUT2D eigenvalue weighted by Gasteiger charge is 2.42. The highest BCUT2D eigenvalue weighted by atomic mass is 19.4. The number of carboxylic acids is 1. The molecule has 10 heteroatoms. The van der Waals surface area contributed by atoms with Gasteiger partial charge in [-0.3, -0.25) is 4.79 Å². The zero-order valence-corrected chi connectivity index (χ0v) is 18.0. The molecule has 2 aromatic carbocycles. The SMILES string of the molecule is CN1CCC(C(=O)NCC(O)c2cccc(O)c2)(c2ccccc2)CC1.O=C(O)C(F)(F)F. The van der Waals surface area contributed by atoms with Crippen LogP contribution in [0, 0.1) is 0 Å². The number of hydrogen-bond donors (Lipinski definition) is 4. The van der Waals surface area contributed by atoms with E-state index in [1.807, 2.05) is 30.3 Å². The Morgan fingerprint density at radius 3 is 2.18 bits per heavy atom. The summed E-state index contributed by atoms with van der Waals surface area (Å²) in [6.07, 6.45) is -4.44. The summed E-state index contributed by atoms with van der Waals surface area (Å²) in [7, 11) is 2.07. The quantitative estimate of drug-likeness (QED) is 0.537. The van der Waals surface area contributed by atoms with Crippen LogP contribution in [-0.2, 0) is 15.0 Å². The Morgan fingerprint density at radius 2 is 1.67 bits per heavy atom. The summed E-state index contributed by atoms with van der Waals surface area (Å²) in [6, 6.07) is 16.4. The number of benzene rings is 2. The molecule has 33 heavy (non-hydrogen) atoms. The first-order valence-electron chi connectivity index (χ1n) is 10.2. The lowest BCUT2D eigenvalue weighted by Gasteiger charge is -2.40. The second kappa shape index (κ2) is 11.2.